The molecule has 0 saturated heterocycles. The van der Waals surface area contributed by atoms with Crippen LogP contribution in [0.15, 0.2) is 197 Å². The van der Waals surface area contributed by atoms with Gasteiger partial charge in [0.1, 0.15) is 16.7 Å². The number of furan rings is 2. The van der Waals surface area contributed by atoms with E-state index >= 15 is 0 Å². The first-order valence-electron chi connectivity index (χ1n) is 18.9. The number of hydrogen-bond donors (Lipinski definition) is 0. The van der Waals surface area contributed by atoms with Gasteiger partial charge in [-0.1, -0.05) is 140 Å². The van der Waals surface area contributed by atoms with Crippen LogP contribution in [0.4, 0.5) is 17.1 Å². The maximum absolute atomic E-state index is 7.34. The molecular weight excluding hydrogens is 703 g/mol. The van der Waals surface area contributed by atoms with E-state index in [1.807, 2.05) is 17.4 Å². The van der Waals surface area contributed by atoms with E-state index in [1.54, 1.807) is 0 Å². The summed E-state index contributed by atoms with van der Waals surface area (Å²) in [7, 11) is 0. The third kappa shape index (κ3) is 4.70. The molecule has 0 fully saturated rings. The van der Waals surface area contributed by atoms with Crippen molar-refractivity contribution in [2.45, 2.75) is 0 Å². The number of hydrogen-bond acceptors (Lipinski definition) is 4. The largest absolute Gasteiger partial charge is 0.456 e. The lowest BCUT2D eigenvalue weighted by atomic mass is 9.95. The van der Waals surface area contributed by atoms with E-state index < -0.39 is 0 Å². The number of para-hydroxylation sites is 2. The SMILES string of the molecule is c1ccc(-c2ccc(N(c3ccc4ccccc4c3)c3cccc4c3oc3c(-c5cccc6c5sc5ccccc56)c5c(cc34)oc3ccccc35)cc2)cc1. The molecule has 3 nitrogen and oxygen atoms in total. The zero-order chi connectivity index (χ0) is 36.7. The van der Waals surface area contributed by atoms with Crippen LogP contribution in [0.3, 0.4) is 0 Å². The highest BCUT2D eigenvalue weighted by Crippen LogP contribution is 2.51. The van der Waals surface area contributed by atoms with Crippen LogP contribution in [0.25, 0.3) is 97.1 Å². The number of nitrogens with zero attached hydrogens (tertiary/aromatic N) is 1. The third-order valence-electron chi connectivity index (χ3n) is 11.2. The van der Waals surface area contributed by atoms with Gasteiger partial charge in [0.15, 0.2) is 5.58 Å². The molecule has 0 N–H and O–H groups in total. The van der Waals surface area contributed by atoms with Crippen LogP contribution in [-0.4, -0.2) is 0 Å². The van der Waals surface area contributed by atoms with Crippen LogP contribution in [-0.2, 0) is 0 Å². The summed E-state index contributed by atoms with van der Waals surface area (Å²) in [6.45, 7) is 0. The summed E-state index contributed by atoms with van der Waals surface area (Å²) < 4.78 is 16.5. The van der Waals surface area contributed by atoms with Crippen LogP contribution in [0.2, 0.25) is 0 Å². The lowest BCUT2D eigenvalue weighted by Gasteiger charge is -2.26. The van der Waals surface area contributed by atoms with Gasteiger partial charge in [0.05, 0.1) is 5.69 Å². The van der Waals surface area contributed by atoms with Crippen LogP contribution >= 0.6 is 11.3 Å². The molecule has 9 aromatic carbocycles. The quantitative estimate of drug-likeness (QED) is 0.176. The second-order valence-electron chi connectivity index (χ2n) is 14.4. The molecule has 12 aromatic rings. The van der Waals surface area contributed by atoms with E-state index in [-0.39, 0.29) is 0 Å². The molecule has 0 radical (unpaired) electrons. The van der Waals surface area contributed by atoms with Gasteiger partial charge in [-0.05, 0) is 70.4 Å². The van der Waals surface area contributed by atoms with E-state index in [0.29, 0.717) is 0 Å². The van der Waals surface area contributed by atoms with Crippen molar-refractivity contribution < 1.29 is 8.83 Å². The molecule has 0 saturated carbocycles. The van der Waals surface area contributed by atoms with Gasteiger partial charge in [-0.2, -0.15) is 0 Å². The van der Waals surface area contributed by atoms with Gasteiger partial charge in [-0.15, -0.1) is 11.3 Å². The van der Waals surface area contributed by atoms with E-state index in [2.05, 4.69) is 187 Å². The number of anilines is 3. The normalized spacial score (nSPS) is 11.9. The molecule has 0 atom stereocenters. The third-order valence-corrected chi connectivity index (χ3v) is 12.5. The molecule has 3 heterocycles. The molecule has 0 aliphatic carbocycles. The van der Waals surface area contributed by atoms with Gasteiger partial charge >= 0.3 is 0 Å². The Kier molecular flexibility index (Phi) is 6.80. The van der Waals surface area contributed by atoms with Gasteiger partial charge < -0.3 is 13.7 Å². The number of rotatable bonds is 5. The van der Waals surface area contributed by atoms with E-state index in [4.69, 9.17) is 8.83 Å². The number of fused-ring (bicyclic) bond motifs is 10. The summed E-state index contributed by atoms with van der Waals surface area (Å²) in [5.41, 5.74) is 11.0. The van der Waals surface area contributed by atoms with E-state index in [1.165, 1.54) is 42.1 Å². The molecule has 12 rings (SSSR count). The summed E-state index contributed by atoms with van der Waals surface area (Å²) in [4.78, 5) is 2.33. The highest BCUT2D eigenvalue weighted by atomic mass is 32.1. The topological polar surface area (TPSA) is 29.5 Å². The van der Waals surface area contributed by atoms with Gasteiger partial charge in [-0.25, -0.2) is 0 Å². The van der Waals surface area contributed by atoms with E-state index in [0.717, 1.165) is 72.1 Å². The minimum Gasteiger partial charge on any atom is -0.456 e. The highest BCUT2D eigenvalue weighted by Gasteiger charge is 2.26. The van der Waals surface area contributed by atoms with Crippen molar-refractivity contribution in [3.8, 4) is 22.3 Å². The van der Waals surface area contributed by atoms with Crippen molar-refractivity contribution in [1.82, 2.24) is 0 Å². The summed E-state index contributed by atoms with van der Waals surface area (Å²) in [6, 6.07) is 67.0. The molecule has 56 heavy (non-hydrogen) atoms. The summed E-state index contributed by atoms with van der Waals surface area (Å²) in [5, 5.41) is 9.11. The molecule has 0 spiro atoms. The predicted molar refractivity (Wildman–Crippen MR) is 237 cm³/mol. The second-order valence-corrected chi connectivity index (χ2v) is 15.5. The fraction of sp³-hybridized carbons (Fsp3) is 0. The minimum absolute atomic E-state index is 0.824. The Balaban J connectivity index is 1.16. The smallest absolute Gasteiger partial charge is 0.159 e. The van der Waals surface area contributed by atoms with Crippen LogP contribution in [0.1, 0.15) is 0 Å². The Hall–Kier alpha value is -7.14. The van der Waals surface area contributed by atoms with Crippen LogP contribution in [0.5, 0.6) is 0 Å². The molecule has 262 valence electrons. The standard InChI is InChI=1S/C52H31NO2S/c1-2-12-32(13-3-1)34-24-27-36(28-25-34)53(37-29-26-33-14-4-5-15-35(33)30-37)44-21-11-18-39-43-31-46-48(41-17-6-8-22-45(41)54-46)49(51(43)55-50(39)44)42-20-10-19-40-38-16-7-9-23-47(38)56-52(40)42/h1-31H. The molecule has 0 amide bonds. The summed E-state index contributed by atoms with van der Waals surface area (Å²) in [6.07, 6.45) is 0. The molecule has 0 aliphatic rings. The maximum atomic E-state index is 7.34. The predicted octanol–water partition coefficient (Wildman–Crippen LogP) is 15.8. The van der Waals surface area contributed by atoms with Gasteiger partial charge in [0.25, 0.3) is 0 Å². The molecule has 4 heteroatoms. The molecule has 0 aliphatic heterocycles. The van der Waals surface area contributed by atoms with Gasteiger partial charge in [0, 0.05) is 64.2 Å². The van der Waals surface area contributed by atoms with Crippen molar-refractivity contribution in [3.63, 3.8) is 0 Å². The Bertz CT molecular complexity index is 3480. The highest BCUT2D eigenvalue weighted by molar-refractivity contribution is 7.26. The molecule has 0 bridgehead atoms. The Labute approximate surface area is 325 Å². The van der Waals surface area contributed by atoms with Gasteiger partial charge in [0.2, 0.25) is 0 Å². The maximum Gasteiger partial charge on any atom is 0.159 e. The van der Waals surface area contributed by atoms with Crippen LogP contribution in [0, 0.1) is 0 Å². The number of thiophene rings is 1. The molecular formula is C52H31NO2S. The van der Waals surface area contributed by atoms with Crippen molar-refractivity contribution in [2.24, 2.45) is 0 Å². The lowest BCUT2D eigenvalue weighted by molar-refractivity contribution is 0.665. The van der Waals surface area contributed by atoms with Crippen molar-refractivity contribution >= 4 is 103 Å². The van der Waals surface area contributed by atoms with E-state index in [9.17, 15) is 0 Å². The van der Waals surface area contributed by atoms with Crippen molar-refractivity contribution in [1.29, 1.82) is 0 Å². The van der Waals surface area contributed by atoms with Gasteiger partial charge in [-0.3, -0.25) is 0 Å². The lowest BCUT2D eigenvalue weighted by Crippen LogP contribution is -2.10. The van der Waals surface area contributed by atoms with Crippen LogP contribution < -0.4 is 4.90 Å². The molecule has 3 aromatic heterocycles. The van der Waals surface area contributed by atoms with Crippen molar-refractivity contribution in [3.05, 3.63) is 188 Å². The first kappa shape index (κ1) is 31.2. The summed E-state index contributed by atoms with van der Waals surface area (Å²) in [5.74, 6) is 0. The Morgan fingerprint density at radius 3 is 2.00 bits per heavy atom. The Morgan fingerprint density at radius 1 is 0.411 bits per heavy atom. The summed E-state index contributed by atoms with van der Waals surface area (Å²) >= 11 is 1.84. The zero-order valence-electron chi connectivity index (χ0n) is 30.1. The second kappa shape index (κ2) is 12.2. The fourth-order valence-corrected chi connectivity index (χ4v) is 9.90. The average Bonchev–Trinajstić information content (AvgIpc) is 3.95. The first-order valence-corrected chi connectivity index (χ1v) is 19.7. The molecule has 0 unspecified atom stereocenters. The van der Waals surface area contributed by atoms with Crippen molar-refractivity contribution in [2.75, 3.05) is 4.90 Å². The average molecular weight is 734 g/mol. The zero-order valence-corrected chi connectivity index (χ0v) is 30.9. The first-order chi connectivity index (χ1) is 27.8. The monoisotopic (exact) mass is 733 g/mol. The fourth-order valence-electron chi connectivity index (χ4n) is 8.67. The minimum atomic E-state index is 0.824. The Morgan fingerprint density at radius 2 is 1.11 bits per heavy atom. The number of benzene rings is 9.